The van der Waals surface area contributed by atoms with Gasteiger partial charge in [0.25, 0.3) is 0 Å². The van der Waals surface area contributed by atoms with Gasteiger partial charge in [-0.3, -0.25) is 5.10 Å². The molecule has 0 saturated carbocycles. The lowest BCUT2D eigenvalue weighted by atomic mass is 10.0. The summed E-state index contributed by atoms with van der Waals surface area (Å²) in [6.07, 6.45) is 2.66. The standard InChI is InChI=1S/C22H22ClN7/c1-14-19-11-16(5-6-20(19)28-27-14)22-26-21(12-25-29-22)30-8-7-24-18(13-30)10-15-3-2-4-17(23)9-15/h2-6,9,11-12,18,24H,7-8,10,13H2,1H3,(H,27,28). The number of halogens is 1. The van der Waals surface area contributed by atoms with E-state index in [9.17, 15) is 0 Å². The minimum absolute atomic E-state index is 0.320. The molecule has 152 valence electrons. The van der Waals surface area contributed by atoms with E-state index in [0.717, 1.165) is 59.1 Å². The molecule has 0 aliphatic carbocycles. The Kier molecular flexibility index (Phi) is 5.06. The molecule has 3 heterocycles. The van der Waals surface area contributed by atoms with Crippen molar-refractivity contribution < 1.29 is 0 Å². The molecular formula is C22H22ClN7. The Labute approximate surface area is 179 Å². The SMILES string of the molecule is Cc1[nH]nc2ccc(-c3nncc(N4CCNC(Cc5cccc(Cl)c5)C4)n3)cc12. The van der Waals surface area contributed by atoms with E-state index in [1.54, 1.807) is 6.20 Å². The van der Waals surface area contributed by atoms with Crippen LogP contribution in [0.3, 0.4) is 0 Å². The van der Waals surface area contributed by atoms with Crippen molar-refractivity contribution in [3.63, 3.8) is 0 Å². The lowest BCUT2D eigenvalue weighted by Gasteiger charge is -2.34. The molecule has 30 heavy (non-hydrogen) atoms. The zero-order chi connectivity index (χ0) is 20.5. The Morgan fingerprint density at radius 2 is 2.13 bits per heavy atom. The smallest absolute Gasteiger partial charge is 0.183 e. The van der Waals surface area contributed by atoms with Gasteiger partial charge in [0, 0.05) is 47.3 Å². The molecule has 0 radical (unpaired) electrons. The van der Waals surface area contributed by atoms with Crippen LogP contribution in [0.5, 0.6) is 0 Å². The van der Waals surface area contributed by atoms with Crippen molar-refractivity contribution in [2.75, 3.05) is 24.5 Å². The van der Waals surface area contributed by atoms with E-state index in [0.29, 0.717) is 11.9 Å². The first-order valence-electron chi connectivity index (χ1n) is 10.0. The molecular weight excluding hydrogens is 398 g/mol. The van der Waals surface area contributed by atoms with Crippen molar-refractivity contribution in [1.82, 2.24) is 30.7 Å². The van der Waals surface area contributed by atoms with Gasteiger partial charge in [-0.1, -0.05) is 23.7 Å². The van der Waals surface area contributed by atoms with Gasteiger partial charge in [0.1, 0.15) is 0 Å². The van der Waals surface area contributed by atoms with E-state index < -0.39 is 0 Å². The van der Waals surface area contributed by atoms with Crippen LogP contribution in [0.15, 0.2) is 48.7 Å². The van der Waals surface area contributed by atoms with Crippen LogP contribution < -0.4 is 10.2 Å². The van der Waals surface area contributed by atoms with Crippen LogP contribution in [0.1, 0.15) is 11.3 Å². The zero-order valence-corrected chi connectivity index (χ0v) is 17.4. The highest BCUT2D eigenvalue weighted by molar-refractivity contribution is 6.30. The first-order chi connectivity index (χ1) is 14.7. The fourth-order valence-electron chi connectivity index (χ4n) is 3.97. The fraction of sp³-hybridized carbons (Fsp3) is 0.273. The van der Waals surface area contributed by atoms with Gasteiger partial charge in [-0.25, -0.2) is 4.98 Å². The summed E-state index contributed by atoms with van der Waals surface area (Å²) in [4.78, 5) is 7.09. The summed E-state index contributed by atoms with van der Waals surface area (Å²) in [5.41, 5.74) is 4.13. The van der Waals surface area contributed by atoms with Crippen LogP contribution in [0, 0.1) is 6.92 Å². The quantitative estimate of drug-likeness (QED) is 0.527. The second-order valence-corrected chi connectivity index (χ2v) is 8.09. The number of hydrogen-bond donors (Lipinski definition) is 2. The summed E-state index contributed by atoms with van der Waals surface area (Å²) in [5.74, 6) is 1.47. The molecule has 1 saturated heterocycles. The largest absolute Gasteiger partial charge is 0.352 e. The number of fused-ring (bicyclic) bond motifs is 1. The maximum atomic E-state index is 6.14. The minimum atomic E-state index is 0.320. The van der Waals surface area contributed by atoms with Gasteiger partial charge >= 0.3 is 0 Å². The number of hydrogen-bond acceptors (Lipinski definition) is 6. The summed E-state index contributed by atoms with van der Waals surface area (Å²) in [6, 6.07) is 14.4. The van der Waals surface area contributed by atoms with Crippen molar-refractivity contribution in [3.05, 3.63) is 64.9 Å². The normalized spacial score (nSPS) is 16.9. The number of nitrogens with one attached hydrogen (secondary N) is 2. The third-order valence-corrected chi connectivity index (χ3v) is 5.73. The average molecular weight is 420 g/mol. The average Bonchev–Trinajstić information content (AvgIpc) is 3.14. The number of rotatable bonds is 4. The maximum absolute atomic E-state index is 6.14. The molecule has 1 aliphatic rings. The monoisotopic (exact) mass is 419 g/mol. The number of aromatic amines is 1. The van der Waals surface area contributed by atoms with Crippen molar-refractivity contribution in [1.29, 1.82) is 0 Å². The number of aromatic nitrogens is 5. The summed E-state index contributed by atoms with van der Waals surface area (Å²) in [7, 11) is 0. The Morgan fingerprint density at radius 3 is 3.03 bits per heavy atom. The number of aryl methyl sites for hydroxylation is 1. The van der Waals surface area contributed by atoms with Crippen molar-refractivity contribution in [2.24, 2.45) is 0 Å². The van der Waals surface area contributed by atoms with Crippen LogP contribution in [-0.4, -0.2) is 51.1 Å². The molecule has 1 fully saturated rings. The third-order valence-electron chi connectivity index (χ3n) is 5.50. The molecule has 0 amide bonds. The van der Waals surface area contributed by atoms with Gasteiger partial charge in [0.15, 0.2) is 11.6 Å². The number of H-pyrrole nitrogens is 1. The van der Waals surface area contributed by atoms with E-state index in [-0.39, 0.29) is 0 Å². The molecule has 2 aromatic carbocycles. The Hall–Kier alpha value is -3.03. The van der Waals surface area contributed by atoms with E-state index in [2.05, 4.69) is 42.7 Å². The number of benzene rings is 2. The molecule has 1 aliphatic heterocycles. The molecule has 1 atom stereocenters. The Balaban J connectivity index is 1.37. The molecule has 4 aromatic rings. The van der Waals surface area contributed by atoms with E-state index >= 15 is 0 Å². The van der Waals surface area contributed by atoms with Crippen molar-refractivity contribution in [3.8, 4) is 11.4 Å². The molecule has 0 spiro atoms. The van der Waals surface area contributed by atoms with E-state index in [1.807, 2.05) is 37.3 Å². The van der Waals surface area contributed by atoms with E-state index in [4.69, 9.17) is 16.6 Å². The fourth-order valence-corrected chi connectivity index (χ4v) is 4.18. The lowest BCUT2D eigenvalue weighted by Crippen LogP contribution is -2.52. The van der Waals surface area contributed by atoms with Gasteiger partial charge in [-0.15, -0.1) is 5.10 Å². The Morgan fingerprint density at radius 1 is 1.20 bits per heavy atom. The maximum Gasteiger partial charge on any atom is 0.183 e. The predicted molar refractivity (Wildman–Crippen MR) is 119 cm³/mol. The van der Waals surface area contributed by atoms with Crippen molar-refractivity contribution in [2.45, 2.75) is 19.4 Å². The van der Waals surface area contributed by atoms with Gasteiger partial charge in [0.05, 0.1) is 11.7 Å². The summed E-state index contributed by atoms with van der Waals surface area (Å²) >= 11 is 6.14. The van der Waals surface area contributed by atoms with Crippen LogP contribution in [0.25, 0.3) is 22.3 Å². The first kappa shape index (κ1) is 19.0. The zero-order valence-electron chi connectivity index (χ0n) is 16.6. The summed E-state index contributed by atoms with van der Waals surface area (Å²) < 4.78 is 0. The highest BCUT2D eigenvalue weighted by Gasteiger charge is 2.21. The van der Waals surface area contributed by atoms with Crippen LogP contribution in [0.2, 0.25) is 5.02 Å². The highest BCUT2D eigenvalue weighted by atomic mass is 35.5. The Bertz CT molecular complexity index is 1190. The number of piperazine rings is 1. The second kappa shape index (κ2) is 8.01. The molecule has 7 nitrogen and oxygen atoms in total. The minimum Gasteiger partial charge on any atom is -0.352 e. The third kappa shape index (κ3) is 3.86. The number of anilines is 1. The van der Waals surface area contributed by atoms with Gasteiger partial charge in [0.2, 0.25) is 0 Å². The van der Waals surface area contributed by atoms with Gasteiger partial charge in [-0.05, 0) is 49.2 Å². The predicted octanol–water partition coefficient (Wildman–Crippen LogP) is 3.40. The summed E-state index contributed by atoms with van der Waals surface area (Å²) in [6.45, 7) is 4.63. The first-order valence-corrected chi connectivity index (χ1v) is 10.4. The van der Waals surface area contributed by atoms with Gasteiger partial charge in [-0.2, -0.15) is 10.2 Å². The molecule has 2 N–H and O–H groups in total. The van der Waals surface area contributed by atoms with Gasteiger partial charge < -0.3 is 10.2 Å². The highest BCUT2D eigenvalue weighted by Crippen LogP contribution is 2.24. The van der Waals surface area contributed by atoms with Crippen LogP contribution >= 0.6 is 11.6 Å². The molecule has 2 aromatic heterocycles. The topological polar surface area (TPSA) is 82.6 Å². The molecule has 1 unspecified atom stereocenters. The lowest BCUT2D eigenvalue weighted by molar-refractivity contribution is 0.452. The van der Waals surface area contributed by atoms with Crippen LogP contribution in [0.4, 0.5) is 5.82 Å². The second-order valence-electron chi connectivity index (χ2n) is 7.65. The summed E-state index contributed by atoms with van der Waals surface area (Å²) in [5, 5.41) is 21.3. The van der Waals surface area contributed by atoms with Crippen molar-refractivity contribution >= 4 is 28.3 Å². The molecule has 5 rings (SSSR count). The molecule has 8 heteroatoms. The number of nitrogens with zero attached hydrogens (tertiary/aromatic N) is 5. The van der Waals surface area contributed by atoms with Crippen LogP contribution in [-0.2, 0) is 6.42 Å². The molecule has 0 bridgehead atoms. The van der Waals surface area contributed by atoms with E-state index in [1.165, 1.54) is 5.56 Å².